The van der Waals surface area contributed by atoms with Gasteiger partial charge >= 0.3 is 0 Å². The smallest absolute Gasteiger partial charge is 0.243 e. The Morgan fingerprint density at radius 2 is 1.76 bits per heavy atom. The zero-order chi connectivity index (χ0) is 23.6. The first-order valence-electron chi connectivity index (χ1n) is 10.4. The normalized spacial score (nSPS) is 11.8. The van der Waals surface area contributed by atoms with E-state index in [1.165, 1.54) is 50.3 Å². The molecule has 4 aromatic rings. The van der Waals surface area contributed by atoms with Gasteiger partial charge in [-0.1, -0.05) is 32.0 Å². The van der Waals surface area contributed by atoms with Crippen LogP contribution >= 0.6 is 0 Å². The third-order valence-corrected chi connectivity index (χ3v) is 7.25. The molecule has 8 nitrogen and oxygen atoms in total. The summed E-state index contributed by atoms with van der Waals surface area (Å²) in [5, 5.41) is 8.58. The highest BCUT2D eigenvalue weighted by Gasteiger charge is 2.22. The molecule has 0 spiro atoms. The maximum atomic E-state index is 14.3. The van der Waals surface area contributed by atoms with E-state index in [-0.39, 0.29) is 21.7 Å². The van der Waals surface area contributed by atoms with Crippen molar-refractivity contribution >= 4 is 10.0 Å². The summed E-state index contributed by atoms with van der Waals surface area (Å²) in [5.41, 5.74) is 0.626. The Kier molecular flexibility index (Phi) is 6.21. The molecule has 0 saturated heterocycles. The number of benzene rings is 2. The predicted molar refractivity (Wildman–Crippen MR) is 122 cm³/mol. The van der Waals surface area contributed by atoms with Gasteiger partial charge in [0, 0.05) is 25.4 Å². The number of sulfonamides is 1. The van der Waals surface area contributed by atoms with Crippen molar-refractivity contribution < 1.29 is 12.8 Å². The largest absolute Gasteiger partial charge is 0.287 e. The predicted octanol–water partition coefficient (Wildman–Crippen LogP) is 3.25. The number of hydrogen-bond acceptors (Lipinski definition) is 5. The molecule has 0 bridgehead atoms. The third kappa shape index (κ3) is 4.22. The van der Waals surface area contributed by atoms with E-state index >= 15 is 0 Å². The second-order valence-electron chi connectivity index (χ2n) is 7.14. The highest BCUT2D eigenvalue weighted by molar-refractivity contribution is 7.89. The summed E-state index contributed by atoms with van der Waals surface area (Å²) in [7, 11) is -3.67. The molecule has 33 heavy (non-hydrogen) atoms. The van der Waals surface area contributed by atoms with Crippen molar-refractivity contribution in [3.05, 3.63) is 89.1 Å². The van der Waals surface area contributed by atoms with Gasteiger partial charge in [-0.2, -0.15) is 14.5 Å². The molecule has 10 heteroatoms. The molecule has 4 rings (SSSR count). The summed E-state index contributed by atoms with van der Waals surface area (Å²) in [4.78, 5) is 12.8. The number of aromatic nitrogens is 4. The molecule has 0 aliphatic heterocycles. The van der Waals surface area contributed by atoms with Gasteiger partial charge in [0.1, 0.15) is 11.5 Å². The van der Waals surface area contributed by atoms with Crippen molar-refractivity contribution in [2.45, 2.75) is 18.7 Å². The Morgan fingerprint density at radius 1 is 1.00 bits per heavy atom. The van der Waals surface area contributed by atoms with Gasteiger partial charge in [0.25, 0.3) is 0 Å². The van der Waals surface area contributed by atoms with E-state index in [4.69, 9.17) is 0 Å². The van der Waals surface area contributed by atoms with Crippen molar-refractivity contribution in [1.29, 1.82) is 0 Å². The van der Waals surface area contributed by atoms with Gasteiger partial charge in [0.05, 0.1) is 22.5 Å². The maximum absolute atomic E-state index is 14.3. The summed E-state index contributed by atoms with van der Waals surface area (Å²) in [6, 6.07) is 15.3. The van der Waals surface area contributed by atoms with Gasteiger partial charge < -0.3 is 0 Å². The number of nitrogens with zero attached hydrogens (tertiary/aromatic N) is 5. The van der Waals surface area contributed by atoms with E-state index in [9.17, 15) is 17.6 Å². The van der Waals surface area contributed by atoms with E-state index in [2.05, 4.69) is 10.2 Å². The highest BCUT2D eigenvalue weighted by Crippen LogP contribution is 2.22. The zero-order valence-corrected chi connectivity index (χ0v) is 18.9. The summed E-state index contributed by atoms with van der Waals surface area (Å²) in [6.45, 7) is 4.26. The standard InChI is InChI=1S/C23H22FN5O3S/c1-3-27(4-2)33(31,32)18-9-7-8-17(16-18)28-15-13-22(30)23(26-28)21-12-14-25-29(21)20-11-6-5-10-19(20)24/h5-16H,3-4H2,1-2H3. The first-order chi connectivity index (χ1) is 15.9. The average Bonchev–Trinajstić information content (AvgIpc) is 3.30. The second-order valence-corrected chi connectivity index (χ2v) is 9.08. The Balaban J connectivity index is 1.81. The van der Waals surface area contributed by atoms with Crippen LogP contribution in [0.2, 0.25) is 0 Å². The third-order valence-electron chi connectivity index (χ3n) is 5.20. The van der Waals surface area contributed by atoms with Crippen LogP contribution in [0.25, 0.3) is 22.8 Å². The van der Waals surface area contributed by atoms with Crippen LogP contribution in [0, 0.1) is 5.82 Å². The molecule has 0 aliphatic carbocycles. The van der Waals surface area contributed by atoms with E-state index in [1.807, 2.05) is 0 Å². The molecule has 0 aliphatic rings. The minimum absolute atomic E-state index is 0.0512. The SMILES string of the molecule is CCN(CC)S(=O)(=O)c1cccc(-n2ccc(=O)c(-c3ccnn3-c3ccccc3F)n2)c1. The average molecular weight is 468 g/mol. The van der Waals surface area contributed by atoms with Gasteiger partial charge in [-0.15, -0.1) is 0 Å². The molecule has 2 heterocycles. The summed E-state index contributed by atoms with van der Waals surface area (Å²) >= 11 is 0. The summed E-state index contributed by atoms with van der Waals surface area (Å²) < 4.78 is 44.3. The number of para-hydroxylation sites is 1. The molecule has 0 radical (unpaired) electrons. The molecule has 0 saturated carbocycles. The summed E-state index contributed by atoms with van der Waals surface area (Å²) in [5.74, 6) is -0.493. The lowest BCUT2D eigenvalue weighted by Crippen LogP contribution is -2.30. The summed E-state index contributed by atoms with van der Waals surface area (Å²) in [6.07, 6.45) is 2.91. The molecule has 2 aromatic heterocycles. The zero-order valence-electron chi connectivity index (χ0n) is 18.1. The molecular weight excluding hydrogens is 445 g/mol. The lowest BCUT2D eigenvalue weighted by Gasteiger charge is -2.19. The van der Waals surface area contributed by atoms with Crippen LogP contribution in [0.15, 0.2) is 82.7 Å². The molecule has 0 unspecified atom stereocenters. The Bertz CT molecular complexity index is 1460. The van der Waals surface area contributed by atoms with Gasteiger partial charge in [-0.3, -0.25) is 4.79 Å². The van der Waals surface area contributed by atoms with Crippen LogP contribution < -0.4 is 5.43 Å². The van der Waals surface area contributed by atoms with Crippen LogP contribution in [0.5, 0.6) is 0 Å². The van der Waals surface area contributed by atoms with Crippen molar-refractivity contribution in [2.75, 3.05) is 13.1 Å². The van der Waals surface area contributed by atoms with Gasteiger partial charge in [0.2, 0.25) is 15.5 Å². The van der Waals surface area contributed by atoms with Crippen LogP contribution in [0.4, 0.5) is 4.39 Å². The monoisotopic (exact) mass is 467 g/mol. The number of halogens is 1. The minimum atomic E-state index is -3.67. The highest BCUT2D eigenvalue weighted by atomic mass is 32.2. The van der Waals surface area contributed by atoms with E-state index in [1.54, 1.807) is 50.2 Å². The fraction of sp³-hybridized carbons (Fsp3) is 0.174. The van der Waals surface area contributed by atoms with E-state index in [0.717, 1.165) is 0 Å². The quantitative estimate of drug-likeness (QED) is 0.416. The first kappa shape index (κ1) is 22.6. The van der Waals surface area contributed by atoms with E-state index in [0.29, 0.717) is 24.5 Å². The lowest BCUT2D eigenvalue weighted by molar-refractivity contribution is 0.445. The van der Waals surface area contributed by atoms with Crippen molar-refractivity contribution in [3.8, 4) is 22.8 Å². The molecule has 0 atom stereocenters. The lowest BCUT2D eigenvalue weighted by atomic mass is 10.2. The first-order valence-corrected chi connectivity index (χ1v) is 11.8. The molecule has 0 N–H and O–H groups in total. The number of hydrogen-bond donors (Lipinski definition) is 0. The van der Waals surface area contributed by atoms with Crippen molar-refractivity contribution in [3.63, 3.8) is 0 Å². The van der Waals surface area contributed by atoms with Gasteiger partial charge in [-0.05, 0) is 36.4 Å². The fourth-order valence-electron chi connectivity index (χ4n) is 3.53. The molecule has 2 aromatic carbocycles. The van der Waals surface area contributed by atoms with Crippen LogP contribution in [-0.2, 0) is 10.0 Å². The van der Waals surface area contributed by atoms with Gasteiger partial charge in [-0.25, -0.2) is 22.2 Å². The van der Waals surface area contributed by atoms with Gasteiger partial charge in [0.15, 0.2) is 5.69 Å². The Labute approximate surface area is 190 Å². The van der Waals surface area contributed by atoms with Crippen molar-refractivity contribution in [2.24, 2.45) is 0 Å². The molecule has 170 valence electrons. The molecule has 0 amide bonds. The Morgan fingerprint density at radius 3 is 2.48 bits per heavy atom. The van der Waals surface area contributed by atoms with Crippen molar-refractivity contribution in [1.82, 2.24) is 23.9 Å². The van der Waals surface area contributed by atoms with Crippen LogP contribution in [0.1, 0.15) is 13.8 Å². The topological polar surface area (TPSA) is 90.1 Å². The Hall–Kier alpha value is -3.63. The van der Waals surface area contributed by atoms with Crippen LogP contribution in [0.3, 0.4) is 0 Å². The number of rotatable bonds is 7. The maximum Gasteiger partial charge on any atom is 0.243 e. The van der Waals surface area contributed by atoms with Crippen LogP contribution in [-0.4, -0.2) is 45.4 Å². The fourth-order valence-corrected chi connectivity index (χ4v) is 5.02. The molecular formula is C23H22FN5O3S. The van der Waals surface area contributed by atoms with E-state index < -0.39 is 15.8 Å². The second kappa shape index (κ2) is 9.08. The minimum Gasteiger partial charge on any atom is -0.287 e. The molecule has 0 fully saturated rings.